The molecule has 3 aromatic rings. The van der Waals surface area contributed by atoms with E-state index < -0.39 is 0 Å². The Morgan fingerprint density at radius 1 is 0.950 bits per heavy atom. The van der Waals surface area contributed by atoms with Crippen LogP contribution in [-0.4, -0.2) is 0 Å². The molecule has 3 aromatic carbocycles. The average Bonchev–Trinajstić information content (AvgIpc) is 2.96. The highest BCUT2D eigenvalue weighted by atomic mass is 16.5. The molecule has 0 saturated heterocycles. The summed E-state index contributed by atoms with van der Waals surface area (Å²) in [5.74, 6) is 2.80. The highest BCUT2D eigenvalue weighted by Gasteiger charge is 2.29. The van der Waals surface area contributed by atoms with Crippen molar-refractivity contribution in [3.63, 3.8) is 0 Å². The first-order valence-electron chi connectivity index (χ1n) is 14.1. The Kier molecular flexibility index (Phi) is 9.11. The lowest BCUT2D eigenvalue weighted by Gasteiger charge is -2.30. The van der Waals surface area contributed by atoms with Crippen LogP contribution in [0.2, 0.25) is 0 Å². The van der Waals surface area contributed by atoms with Crippen LogP contribution in [0.3, 0.4) is 0 Å². The molecule has 204 valence electrons. The summed E-state index contributed by atoms with van der Waals surface area (Å²) >= 11 is 0. The molecule has 0 fully saturated rings. The van der Waals surface area contributed by atoms with Gasteiger partial charge in [-0.1, -0.05) is 125 Å². The summed E-state index contributed by atoms with van der Waals surface area (Å²) in [6.07, 6.45) is 12.5. The van der Waals surface area contributed by atoms with E-state index in [0.717, 1.165) is 51.3 Å². The number of para-hydroxylation sites is 1. The molecule has 1 heterocycles. The van der Waals surface area contributed by atoms with Crippen LogP contribution in [0.4, 0.5) is 0 Å². The predicted molar refractivity (Wildman–Crippen MR) is 170 cm³/mol. The molecule has 1 unspecified atom stereocenters. The quantitative estimate of drug-likeness (QED) is 0.157. The van der Waals surface area contributed by atoms with Crippen molar-refractivity contribution >= 4 is 17.7 Å². The van der Waals surface area contributed by atoms with E-state index >= 15 is 0 Å². The van der Waals surface area contributed by atoms with Gasteiger partial charge in [0.25, 0.3) is 0 Å². The highest BCUT2D eigenvalue weighted by molar-refractivity contribution is 5.84. The molecule has 2 heteroatoms. The normalized spacial score (nSPS) is 16.1. The van der Waals surface area contributed by atoms with Gasteiger partial charge in [-0.15, -0.1) is 0 Å². The van der Waals surface area contributed by atoms with Crippen LogP contribution < -0.4 is 15.2 Å². The highest BCUT2D eigenvalue weighted by Crippen LogP contribution is 2.41. The van der Waals surface area contributed by atoms with Crippen LogP contribution in [0.15, 0.2) is 127 Å². The molecule has 0 radical (unpaired) electrons. The topological polar surface area (TPSA) is 18.5 Å². The maximum atomic E-state index is 6.89. The number of allylic oxidation sites excluding steroid dienone is 8. The lowest BCUT2D eigenvalue weighted by Crippen LogP contribution is -2.29. The van der Waals surface area contributed by atoms with Crippen molar-refractivity contribution in [2.24, 2.45) is 0 Å². The minimum atomic E-state index is -0.164. The van der Waals surface area contributed by atoms with E-state index in [1.54, 1.807) is 0 Å². The Morgan fingerprint density at radius 3 is 2.38 bits per heavy atom. The number of hydrogen-bond acceptors (Lipinski definition) is 2. The largest absolute Gasteiger partial charge is 0.457 e. The van der Waals surface area contributed by atoms with Gasteiger partial charge < -0.3 is 9.47 Å². The van der Waals surface area contributed by atoms with Crippen LogP contribution in [0.25, 0.3) is 17.7 Å². The zero-order chi connectivity index (χ0) is 28.7. The second kappa shape index (κ2) is 12.7. The maximum absolute atomic E-state index is 6.89. The summed E-state index contributed by atoms with van der Waals surface area (Å²) in [6.45, 7) is 19.5. The van der Waals surface area contributed by atoms with E-state index in [4.69, 9.17) is 9.47 Å². The number of rotatable bonds is 9. The number of hydrogen-bond donors (Lipinski definition) is 0. The second-order valence-corrected chi connectivity index (χ2v) is 10.3. The van der Waals surface area contributed by atoms with Gasteiger partial charge in [0.05, 0.1) is 0 Å². The van der Waals surface area contributed by atoms with Crippen LogP contribution in [0.5, 0.6) is 5.75 Å². The van der Waals surface area contributed by atoms with Gasteiger partial charge in [-0.3, -0.25) is 0 Å². The zero-order valence-electron chi connectivity index (χ0n) is 24.5. The molecule has 0 aliphatic carbocycles. The fraction of sp³-hybridized carbons (Fsp3) is 0.211. The number of fused-ring (bicyclic) bond motifs is 1. The monoisotopic (exact) mass is 528 g/mol. The van der Waals surface area contributed by atoms with Crippen LogP contribution in [0.1, 0.15) is 64.2 Å². The fourth-order valence-electron chi connectivity index (χ4n) is 5.19. The lowest BCUT2D eigenvalue weighted by atomic mass is 9.75. The summed E-state index contributed by atoms with van der Waals surface area (Å²) < 4.78 is 13.1. The molecule has 0 saturated carbocycles. The van der Waals surface area contributed by atoms with E-state index in [-0.39, 0.29) is 5.41 Å². The van der Waals surface area contributed by atoms with E-state index in [9.17, 15) is 0 Å². The fourth-order valence-corrected chi connectivity index (χ4v) is 5.19. The standard InChI is InChI=1S/C38H40O2/c1-8-11-12-25-35(40-37-28(5)31-21-16-18-24-34(31)39-29(37)6)36(30-20-14-13-19-27(30)4)32-22-15-17-23-33(32)38(7,10-3)26-9-2/h9,11-26H,4-5,8,10H2,1-3,6-7H3/b12-11-,26-9-,35-25-,36-30-. The predicted octanol–water partition coefficient (Wildman–Crippen LogP) is 8.74. The third-order valence-electron chi connectivity index (χ3n) is 7.51. The van der Waals surface area contributed by atoms with E-state index in [2.05, 4.69) is 108 Å². The first-order valence-corrected chi connectivity index (χ1v) is 14.1. The second-order valence-electron chi connectivity index (χ2n) is 10.3. The minimum absolute atomic E-state index is 0.164. The van der Waals surface area contributed by atoms with Gasteiger partial charge >= 0.3 is 0 Å². The molecule has 1 aliphatic rings. The van der Waals surface area contributed by atoms with Crippen molar-refractivity contribution in [3.05, 3.63) is 154 Å². The smallest absolute Gasteiger partial charge is 0.172 e. The Bertz CT molecular complexity index is 1630. The average molecular weight is 529 g/mol. The van der Waals surface area contributed by atoms with Crippen molar-refractivity contribution in [2.45, 2.75) is 52.9 Å². The van der Waals surface area contributed by atoms with Gasteiger partial charge in [0, 0.05) is 22.1 Å². The Hall–Kier alpha value is -4.30. The molecule has 0 aromatic heterocycles. The van der Waals surface area contributed by atoms with E-state index in [1.165, 1.54) is 5.56 Å². The van der Waals surface area contributed by atoms with Crippen molar-refractivity contribution < 1.29 is 9.47 Å². The molecule has 0 spiro atoms. The summed E-state index contributed by atoms with van der Waals surface area (Å²) in [4.78, 5) is 0. The van der Waals surface area contributed by atoms with Crippen molar-refractivity contribution in [3.8, 4) is 5.75 Å². The molecule has 40 heavy (non-hydrogen) atoms. The molecule has 0 N–H and O–H groups in total. The van der Waals surface area contributed by atoms with Crippen molar-refractivity contribution in [2.75, 3.05) is 0 Å². The van der Waals surface area contributed by atoms with Crippen LogP contribution >= 0.6 is 0 Å². The molecular formula is C38H40O2. The molecule has 1 aliphatic heterocycles. The summed E-state index contributed by atoms with van der Waals surface area (Å²) in [5, 5.41) is 1.95. The van der Waals surface area contributed by atoms with Gasteiger partial charge in [-0.2, -0.15) is 0 Å². The Morgan fingerprint density at radius 2 is 1.65 bits per heavy atom. The zero-order valence-corrected chi connectivity index (χ0v) is 24.5. The van der Waals surface area contributed by atoms with Crippen LogP contribution in [-0.2, 0) is 10.2 Å². The SMILES string of the molecule is C=C1C(OC(=C\C=C/CC)/C(c2ccccc2C(C)(/C=C\C)CC)=c2/ccccc2=C)=C(C)Oc2ccccc21. The molecule has 0 amide bonds. The lowest BCUT2D eigenvalue weighted by molar-refractivity contribution is 0.297. The third kappa shape index (κ3) is 5.82. The van der Waals surface area contributed by atoms with E-state index in [0.29, 0.717) is 17.3 Å². The first-order chi connectivity index (χ1) is 19.3. The summed E-state index contributed by atoms with van der Waals surface area (Å²) in [6, 6.07) is 24.8. The minimum Gasteiger partial charge on any atom is -0.457 e. The Labute approximate surface area is 239 Å². The van der Waals surface area contributed by atoms with Crippen molar-refractivity contribution in [1.82, 2.24) is 0 Å². The number of benzene rings is 3. The molecular weight excluding hydrogens is 488 g/mol. The first kappa shape index (κ1) is 28.7. The molecule has 4 rings (SSSR count). The van der Waals surface area contributed by atoms with Crippen LogP contribution in [0, 0.1) is 0 Å². The Balaban J connectivity index is 2.02. The molecule has 2 nitrogen and oxygen atoms in total. The van der Waals surface area contributed by atoms with E-state index in [1.807, 2.05) is 43.3 Å². The summed E-state index contributed by atoms with van der Waals surface area (Å²) in [7, 11) is 0. The molecule has 0 bridgehead atoms. The van der Waals surface area contributed by atoms with Gasteiger partial charge in [-0.05, 0) is 60.4 Å². The molecule has 1 atom stereocenters. The van der Waals surface area contributed by atoms with Gasteiger partial charge in [0.1, 0.15) is 17.3 Å². The van der Waals surface area contributed by atoms with Gasteiger partial charge in [0.15, 0.2) is 5.76 Å². The maximum Gasteiger partial charge on any atom is 0.172 e. The van der Waals surface area contributed by atoms with Gasteiger partial charge in [-0.25, -0.2) is 0 Å². The van der Waals surface area contributed by atoms with Gasteiger partial charge in [0.2, 0.25) is 0 Å². The number of ether oxygens (including phenoxy) is 2. The van der Waals surface area contributed by atoms with Crippen molar-refractivity contribution in [1.29, 1.82) is 0 Å². The summed E-state index contributed by atoms with van der Waals surface area (Å²) in [5.41, 5.74) is 4.89. The third-order valence-corrected chi connectivity index (χ3v) is 7.51.